The van der Waals surface area contributed by atoms with E-state index in [0.29, 0.717) is 39.0 Å². The SMILES string of the molecule is CCN1C(=O)N(CC(N)=O)C(=O)C12CCN(Cc1nc3ccccc3n1C)CC2. The molecule has 2 aliphatic rings. The van der Waals surface area contributed by atoms with Crippen molar-refractivity contribution in [2.75, 3.05) is 26.2 Å². The Hall–Kier alpha value is -2.94. The zero-order valence-electron chi connectivity index (χ0n) is 16.8. The van der Waals surface area contributed by atoms with Gasteiger partial charge in [0, 0.05) is 26.7 Å². The van der Waals surface area contributed by atoms with Crippen molar-refractivity contribution < 1.29 is 14.4 Å². The van der Waals surface area contributed by atoms with Crippen LogP contribution in [0.4, 0.5) is 4.79 Å². The third-order valence-electron chi connectivity index (χ3n) is 6.18. The number of likely N-dealkylation sites (tertiary alicyclic amines) is 1. The Labute approximate surface area is 169 Å². The lowest BCUT2D eigenvalue weighted by molar-refractivity contribution is -0.137. The van der Waals surface area contributed by atoms with Crippen molar-refractivity contribution in [3.05, 3.63) is 30.1 Å². The molecule has 1 spiro atoms. The number of para-hydroxylation sites is 2. The van der Waals surface area contributed by atoms with E-state index in [4.69, 9.17) is 10.7 Å². The van der Waals surface area contributed by atoms with Gasteiger partial charge in [0.15, 0.2) is 0 Å². The molecule has 4 rings (SSSR count). The molecule has 2 fully saturated rings. The standard InChI is InChI=1S/C20H26N6O3/c1-3-26-19(29)25(12-16(21)27)18(28)20(26)8-10-24(11-9-20)13-17-22-14-6-4-5-7-15(14)23(17)2/h4-7H,3,8-13H2,1-2H3,(H2,21,27). The second kappa shape index (κ2) is 7.14. The molecule has 0 radical (unpaired) electrons. The van der Waals surface area contributed by atoms with Crippen LogP contribution < -0.4 is 5.73 Å². The lowest BCUT2D eigenvalue weighted by Crippen LogP contribution is -2.56. The van der Waals surface area contributed by atoms with E-state index >= 15 is 0 Å². The first kappa shape index (κ1) is 19.4. The number of urea groups is 1. The van der Waals surface area contributed by atoms with Gasteiger partial charge in [0.05, 0.1) is 17.6 Å². The van der Waals surface area contributed by atoms with Crippen molar-refractivity contribution in [3.8, 4) is 0 Å². The summed E-state index contributed by atoms with van der Waals surface area (Å²) < 4.78 is 2.09. The minimum absolute atomic E-state index is 0.300. The minimum atomic E-state index is -0.871. The fourth-order valence-electron chi connectivity index (χ4n) is 4.62. The predicted molar refractivity (Wildman–Crippen MR) is 107 cm³/mol. The van der Waals surface area contributed by atoms with Crippen molar-refractivity contribution in [1.29, 1.82) is 0 Å². The Bertz CT molecular complexity index is 976. The molecule has 29 heavy (non-hydrogen) atoms. The topological polar surface area (TPSA) is 105 Å². The molecule has 4 amide bonds. The summed E-state index contributed by atoms with van der Waals surface area (Å²) >= 11 is 0. The highest BCUT2D eigenvalue weighted by molar-refractivity contribution is 6.09. The summed E-state index contributed by atoms with van der Waals surface area (Å²) in [6.45, 7) is 3.93. The number of primary amides is 1. The van der Waals surface area contributed by atoms with Gasteiger partial charge in [-0.15, -0.1) is 0 Å². The highest BCUT2D eigenvalue weighted by Crippen LogP contribution is 2.37. The molecule has 2 saturated heterocycles. The number of aromatic nitrogens is 2. The molecule has 0 unspecified atom stereocenters. The highest BCUT2D eigenvalue weighted by atomic mass is 16.2. The van der Waals surface area contributed by atoms with Crippen molar-refractivity contribution in [3.63, 3.8) is 0 Å². The van der Waals surface area contributed by atoms with Crippen molar-refractivity contribution in [1.82, 2.24) is 24.3 Å². The van der Waals surface area contributed by atoms with Crippen LogP contribution in [0, 0.1) is 0 Å². The molecule has 0 saturated carbocycles. The molecule has 1 aromatic heterocycles. The van der Waals surface area contributed by atoms with Gasteiger partial charge in [0.2, 0.25) is 5.91 Å². The van der Waals surface area contributed by atoms with Gasteiger partial charge in [0.25, 0.3) is 5.91 Å². The number of imidazole rings is 1. The molecule has 0 aliphatic carbocycles. The number of imide groups is 1. The lowest BCUT2D eigenvalue weighted by atomic mass is 9.86. The number of benzene rings is 1. The maximum absolute atomic E-state index is 13.1. The summed E-state index contributed by atoms with van der Waals surface area (Å²) in [5, 5.41) is 0. The van der Waals surface area contributed by atoms with Gasteiger partial charge in [0.1, 0.15) is 17.9 Å². The highest BCUT2D eigenvalue weighted by Gasteiger charge is 2.57. The lowest BCUT2D eigenvalue weighted by Gasteiger charge is -2.41. The van der Waals surface area contributed by atoms with Gasteiger partial charge < -0.3 is 15.2 Å². The third-order valence-corrected chi connectivity index (χ3v) is 6.18. The van der Waals surface area contributed by atoms with E-state index in [1.54, 1.807) is 4.90 Å². The van der Waals surface area contributed by atoms with E-state index < -0.39 is 17.5 Å². The monoisotopic (exact) mass is 398 g/mol. The van der Waals surface area contributed by atoms with Crippen LogP contribution in [0.25, 0.3) is 11.0 Å². The molecular weight excluding hydrogens is 372 g/mol. The zero-order chi connectivity index (χ0) is 20.8. The summed E-state index contributed by atoms with van der Waals surface area (Å²) in [4.78, 5) is 46.6. The first-order chi connectivity index (χ1) is 13.9. The number of carbonyl (C=O) groups is 3. The normalized spacial score (nSPS) is 19.7. The molecule has 2 N–H and O–H groups in total. The Morgan fingerprint density at radius 2 is 1.90 bits per heavy atom. The van der Waals surface area contributed by atoms with E-state index in [2.05, 4.69) is 9.47 Å². The van der Waals surface area contributed by atoms with Gasteiger partial charge >= 0.3 is 6.03 Å². The maximum atomic E-state index is 13.1. The summed E-state index contributed by atoms with van der Waals surface area (Å²) in [5.41, 5.74) is 6.42. The Kier molecular flexibility index (Phi) is 4.77. The van der Waals surface area contributed by atoms with Crippen LogP contribution >= 0.6 is 0 Å². The number of hydrogen-bond acceptors (Lipinski definition) is 5. The molecule has 1 aromatic carbocycles. The number of rotatable bonds is 5. The summed E-state index contributed by atoms with van der Waals surface area (Å²) in [7, 11) is 2.01. The van der Waals surface area contributed by atoms with Crippen LogP contribution in [0.2, 0.25) is 0 Å². The van der Waals surface area contributed by atoms with Gasteiger partial charge in [-0.1, -0.05) is 12.1 Å². The average Bonchev–Trinajstić information content (AvgIpc) is 3.11. The van der Waals surface area contributed by atoms with Crippen molar-refractivity contribution in [2.24, 2.45) is 12.8 Å². The Morgan fingerprint density at radius 1 is 1.21 bits per heavy atom. The number of carbonyl (C=O) groups excluding carboxylic acids is 3. The van der Waals surface area contributed by atoms with Gasteiger partial charge in [-0.2, -0.15) is 0 Å². The molecule has 2 aliphatic heterocycles. The number of piperidine rings is 1. The smallest absolute Gasteiger partial charge is 0.328 e. The first-order valence-electron chi connectivity index (χ1n) is 9.92. The van der Waals surface area contributed by atoms with E-state index in [0.717, 1.165) is 21.8 Å². The van der Waals surface area contributed by atoms with Crippen molar-refractivity contribution in [2.45, 2.75) is 31.8 Å². The molecule has 2 aromatic rings. The number of nitrogens with two attached hydrogens (primary N) is 1. The number of hydrogen-bond donors (Lipinski definition) is 1. The molecule has 0 atom stereocenters. The number of fused-ring (bicyclic) bond motifs is 1. The molecule has 9 heteroatoms. The second-order valence-corrected chi connectivity index (χ2v) is 7.77. The molecule has 9 nitrogen and oxygen atoms in total. The van der Waals surface area contributed by atoms with E-state index in [9.17, 15) is 14.4 Å². The summed E-state index contributed by atoms with van der Waals surface area (Å²) in [5.74, 6) is -0.0108. The van der Waals surface area contributed by atoms with Crippen molar-refractivity contribution >= 4 is 28.9 Å². The van der Waals surface area contributed by atoms with E-state index in [-0.39, 0.29) is 12.5 Å². The number of amides is 4. The quantitative estimate of drug-likeness (QED) is 0.746. The summed E-state index contributed by atoms with van der Waals surface area (Å²) in [6.07, 6.45) is 1.06. The van der Waals surface area contributed by atoms with Crippen LogP contribution in [0.1, 0.15) is 25.6 Å². The van der Waals surface area contributed by atoms with E-state index in [1.165, 1.54) is 0 Å². The van der Waals surface area contributed by atoms with Crippen LogP contribution in [0.15, 0.2) is 24.3 Å². The fourth-order valence-corrected chi connectivity index (χ4v) is 4.62. The Morgan fingerprint density at radius 3 is 2.52 bits per heavy atom. The van der Waals surface area contributed by atoms with Crippen LogP contribution in [-0.4, -0.2) is 73.8 Å². The maximum Gasteiger partial charge on any atom is 0.328 e. The fraction of sp³-hybridized carbons (Fsp3) is 0.500. The molecule has 154 valence electrons. The van der Waals surface area contributed by atoms with Gasteiger partial charge in [-0.25, -0.2) is 9.78 Å². The second-order valence-electron chi connectivity index (χ2n) is 7.77. The van der Waals surface area contributed by atoms with Crippen LogP contribution in [-0.2, 0) is 23.2 Å². The number of nitrogens with zero attached hydrogens (tertiary/aromatic N) is 5. The molecule has 3 heterocycles. The average molecular weight is 398 g/mol. The first-order valence-corrected chi connectivity index (χ1v) is 9.92. The number of likely N-dealkylation sites (N-methyl/N-ethyl adjacent to an activating group) is 1. The minimum Gasteiger partial charge on any atom is -0.368 e. The zero-order valence-corrected chi connectivity index (χ0v) is 16.8. The van der Waals surface area contributed by atoms with Crippen LogP contribution in [0.5, 0.6) is 0 Å². The number of aryl methyl sites for hydroxylation is 1. The van der Waals surface area contributed by atoms with Gasteiger partial charge in [-0.05, 0) is 31.9 Å². The molecule has 0 bridgehead atoms. The third kappa shape index (κ3) is 3.05. The Balaban J connectivity index is 1.50. The van der Waals surface area contributed by atoms with Crippen LogP contribution in [0.3, 0.4) is 0 Å². The predicted octanol–water partition coefficient (Wildman–Crippen LogP) is 0.677. The summed E-state index contributed by atoms with van der Waals surface area (Å²) in [6, 6.07) is 7.60. The largest absolute Gasteiger partial charge is 0.368 e. The van der Waals surface area contributed by atoms with E-state index in [1.807, 2.05) is 38.2 Å². The van der Waals surface area contributed by atoms with Gasteiger partial charge in [-0.3, -0.25) is 19.4 Å². The molecular formula is C20H26N6O3.